The number of amides is 4. The Morgan fingerprint density at radius 3 is 1.14 bits per heavy atom. The Morgan fingerprint density at radius 1 is 0.294 bits per heavy atom. The summed E-state index contributed by atoms with van der Waals surface area (Å²) < 4.78 is 103. The number of carbonyl (C=O) groups excluding carboxylic acids is 4. The fourth-order valence-corrected chi connectivity index (χ4v) is 14.1. The molecule has 9 heterocycles. The van der Waals surface area contributed by atoms with Crippen molar-refractivity contribution in [3.8, 4) is 0 Å². The maximum atomic E-state index is 13.4. The van der Waals surface area contributed by atoms with Crippen LogP contribution in [0.25, 0.3) is 0 Å². The standard InChI is InChI=1S/C61H102N4O44/c1-14-31(77)41(87)45(91)58(95-14)105-48-30(65-18(5)75)53(92)96-25(11-71)47(48)104-56-29(64-17(4)74)40(86)46(24(10-70)101-56)103-61-52(109-57-44(90)32(78)19(76)12-93-57)49(106-60-51(43(89)36(82)23(9-69)100-60)108-55-28(63-16(3)73)39(85)34(80)21(7-67)98-55)37(83)26(102-61)13-94-59-50(42(88)35(81)22(8-68)99-59)107-54-27(62-15(2)72)38(84)33(79)20(6-66)97-54/h14,19-61,66-71,76-92H,6-13H2,1-5H3,(H,62,72)(H,63,73)(H,64,74)(H,65,75). The van der Waals surface area contributed by atoms with Crippen LogP contribution in [0.2, 0.25) is 0 Å². The predicted molar refractivity (Wildman–Crippen MR) is 336 cm³/mol. The molecule has 9 aliphatic heterocycles. The molecule has 9 aliphatic rings. The van der Waals surface area contributed by atoms with Crippen molar-refractivity contribution in [3.63, 3.8) is 0 Å². The number of ether oxygens (including phenoxy) is 17. The Labute approximate surface area is 618 Å². The van der Waals surface area contributed by atoms with E-state index in [2.05, 4.69) is 21.3 Å². The van der Waals surface area contributed by atoms with Gasteiger partial charge in [-0.3, -0.25) is 19.2 Å². The maximum Gasteiger partial charge on any atom is 0.217 e. The van der Waals surface area contributed by atoms with Gasteiger partial charge in [-0.25, -0.2) is 0 Å². The van der Waals surface area contributed by atoms with Gasteiger partial charge in [-0.05, 0) is 6.92 Å². The summed E-state index contributed by atoms with van der Waals surface area (Å²) in [6.07, 6.45) is -83.2. The van der Waals surface area contributed by atoms with Crippen LogP contribution in [0.1, 0.15) is 34.6 Å². The Kier molecular flexibility index (Phi) is 31.8. The molecule has 0 aliphatic carbocycles. The van der Waals surface area contributed by atoms with Crippen molar-refractivity contribution in [1.29, 1.82) is 0 Å². The van der Waals surface area contributed by atoms with Gasteiger partial charge in [0.2, 0.25) is 23.6 Å². The first-order valence-electron chi connectivity index (χ1n) is 34.9. The number of nitrogens with one attached hydrogen (secondary N) is 4. The minimum absolute atomic E-state index is 0.847. The third-order valence-electron chi connectivity index (χ3n) is 19.9. The quantitative estimate of drug-likeness (QED) is 0.0363. The van der Waals surface area contributed by atoms with E-state index in [1.54, 1.807) is 0 Å². The number of rotatable bonds is 27. The van der Waals surface area contributed by atoms with Gasteiger partial charge in [-0.1, -0.05) is 0 Å². The van der Waals surface area contributed by atoms with Gasteiger partial charge >= 0.3 is 0 Å². The minimum Gasteiger partial charge on any atom is -0.394 e. The van der Waals surface area contributed by atoms with Crippen molar-refractivity contribution in [3.05, 3.63) is 0 Å². The highest BCUT2D eigenvalue weighted by Gasteiger charge is 2.61. The number of hydrogen-bond acceptors (Lipinski definition) is 44. The van der Waals surface area contributed by atoms with E-state index in [1.165, 1.54) is 6.92 Å². The molecular weight excluding hydrogens is 1490 g/mol. The molecular formula is C61H102N4O44. The van der Waals surface area contributed by atoms with E-state index in [1.807, 2.05) is 0 Å². The molecule has 4 amide bonds. The highest BCUT2D eigenvalue weighted by atomic mass is 16.8. The number of aliphatic hydroxyl groups excluding tert-OH is 23. The number of aliphatic hydroxyl groups is 23. The van der Waals surface area contributed by atoms with E-state index < -0.39 is 346 Å². The molecule has 27 N–H and O–H groups in total. The first-order chi connectivity index (χ1) is 51.5. The van der Waals surface area contributed by atoms with Crippen LogP contribution in [0, 0.1) is 0 Å². The average molecular weight is 1600 g/mol. The highest BCUT2D eigenvalue weighted by Crippen LogP contribution is 2.41. The lowest BCUT2D eigenvalue weighted by molar-refractivity contribution is -0.411. The van der Waals surface area contributed by atoms with Crippen LogP contribution in [0.5, 0.6) is 0 Å². The van der Waals surface area contributed by atoms with Gasteiger partial charge in [0.05, 0.1) is 59.0 Å². The van der Waals surface area contributed by atoms with Crippen LogP contribution in [-0.2, 0) is 99.7 Å². The Morgan fingerprint density at radius 2 is 0.651 bits per heavy atom. The highest BCUT2D eigenvalue weighted by molar-refractivity contribution is 5.74. The van der Waals surface area contributed by atoms with E-state index in [0.717, 1.165) is 27.7 Å². The second-order valence-corrected chi connectivity index (χ2v) is 27.7. The molecule has 0 radical (unpaired) electrons. The van der Waals surface area contributed by atoms with Crippen LogP contribution in [-0.4, -0.2) is 464 Å². The van der Waals surface area contributed by atoms with E-state index in [9.17, 15) is 137 Å². The lowest BCUT2D eigenvalue weighted by Crippen LogP contribution is -2.71. The van der Waals surface area contributed by atoms with Gasteiger partial charge < -0.3 is 219 Å². The summed E-state index contributed by atoms with van der Waals surface area (Å²) in [6, 6.07) is -7.40. The lowest BCUT2D eigenvalue weighted by atomic mass is 9.93. The zero-order valence-electron chi connectivity index (χ0n) is 58.9. The molecule has 48 heteroatoms. The Bertz CT molecular complexity index is 2900. The van der Waals surface area contributed by atoms with Crippen LogP contribution in [0.4, 0.5) is 0 Å². The van der Waals surface area contributed by atoms with Crippen LogP contribution < -0.4 is 21.3 Å². The molecule has 9 fully saturated rings. The van der Waals surface area contributed by atoms with Crippen molar-refractivity contribution >= 4 is 23.6 Å². The summed E-state index contributed by atoms with van der Waals surface area (Å²) in [5, 5.41) is 266. The molecule has 0 saturated carbocycles. The lowest BCUT2D eigenvalue weighted by Gasteiger charge is -2.52. The molecule has 48 nitrogen and oxygen atoms in total. The van der Waals surface area contributed by atoms with Gasteiger partial charge in [0.25, 0.3) is 0 Å². The van der Waals surface area contributed by atoms with Gasteiger partial charge in [0.1, 0.15) is 207 Å². The average Bonchev–Trinajstić information content (AvgIpc) is 0.779. The third kappa shape index (κ3) is 19.9. The molecule has 109 heavy (non-hydrogen) atoms. The molecule has 0 aromatic rings. The summed E-state index contributed by atoms with van der Waals surface area (Å²) in [6.45, 7) is -3.58. The third-order valence-corrected chi connectivity index (χ3v) is 19.9. The summed E-state index contributed by atoms with van der Waals surface area (Å²) >= 11 is 0. The molecule has 9 rings (SSSR count). The zero-order valence-corrected chi connectivity index (χ0v) is 58.9. The van der Waals surface area contributed by atoms with Gasteiger partial charge in [-0.2, -0.15) is 0 Å². The maximum absolute atomic E-state index is 13.4. The first kappa shape index (κ1) is 89.2. The normalized spacial score (nSPS) is 49.2. The van der Waals surface area contributed by atoms with Crippen molar-refractivity contribution < 1.29 is 217 Å². The molecule has 9 saturated heterocycles. The molecule has 0 bridgehead atoms. The fraction of sp³-hybridized carbons (Fsp3) is 0.934. The smallest absolute Gasteiger partial charge is 0.217 e. The van der Waals surface area contributed by atoms with E-state index in [4.69, 9.17) is 80.5 Å². The summed E-state index contributed by atoms with van der Waals surface area (Å²) in [4.78, 5) is 51.2. The Hall–Kier alpha value is -3.72. The largest absolute Gasteiger partial charge is 0.394 e. The molecule has 0 spiro atoms. The molecule has 0 aromatic heterocycles. The van der Waals surface area contributed by atoms with Gasteiger partial charge in [0.15, 0.2) is 56.6 Å². The predicted octanol–water partition coefficient (Wildman–Crippen LogP) is -18.4. The van der Waals surface area contributed by atoms with Gasteiger partial charge in [-0.15, -0.1) is 0 Å². The molecule has 44 atom stereocenters. The summed E-state index contributed by atoms with van der Waals surface area (Å²) in [5.74, 6) is -3.60. The van der Waals surface area contributed by atoms with Crippen LogP contribution in [0.3, 0.4) is 0 Å². The van der Waals surface area contributed by atoms with Crippen LogP contribution >= 0.6 is 0 Å². The van der Waals surface area contributed by atoms with E-state index in [0.29, 0.717) is 0 Å². The number of carbonyl (C=O) groups is 4. The summed E-state index contributed by atoms with van der Waals surface area (Å²) in [7, 11) is 0. The SMILES string of the molecule is CC(=O)NC1C(OC2C(OCC3OC(OC4C(CO)OC(OC5C(CO)OC(O)C(NC(C)=O)C5OC5OC(C)C(O)C(O)C5O)C(NC(C)=O)C4O)C(OC4OCC(O)C(O)C4O)C(OC4OC(CO)C(O)C(O)C4OC4OC(CO)C(O)C(O)C4NC(C)=O)C3O)OC(CO)C(O)C2O)OC(CO)C(O)C1O. The van der Waals surface area contributed by atoms with Crippen molar-refractivity contribution in [2.75, 3.05) is 52.9 Å². The molecule has 0 aromatic carbocycles. The Balaban J connectivity index is 1.14. The van der Waals surface area contributed by atoms with Crippen molar-refractivity contribution in [2.45, 2.75) is 305 Å². The van der Waals surface area contributed by atoms with Crippen molar-refractivity contribution in [1.82, 2.24) is 21.3 Å². The minimum atomic E-state index is -2.52. The van der Waals surface area contributed by atoms with Crippen LogP contribution in [0.15, 0.2) is 0 Å². The van der Waals surface area contributed by atoms with Gasteiger partial charge in [0, 0.05) is 27.7 Å². The molecule has 44 unspecified atom stereocenters. The zero-order chi connectivity index (χ0) is 80.2. The van der Waals surface area contributed by atoms with Crippen molar-refractivity contribution in [2.24, 2.45) is 0 Å². The van der Waals surface area contributed by atoms with E-state index in [-0.39, 0.29) is 0 Å². The second-order valence-electron chi connectivity index (χ2n) is 27.7. The van der Waals surface area contributed by atoms with E-state index >= 15 is 0 Å². The number of hydrogen-bond donors (Lipinski definition) is 27. The second kappa shape index (κ2) is 38.8. The summed E-state index contributed by atoms with van der Waals surface area (Å²) in [5.41, 5.74) is 0. The fourth-order valence-electron chi connectivity index (χ4n) is 14.1. The molecule has 630 valence electrons. The monoisotopic (exact) mass is 1590 g/mol. The topological polar surface area (TPSA) is 739 Å². The first-order valence-corrected chi connectivity index (χ1v) is 34.9.